The van der Waals surface area contributed by atoms with Gasteiger partial charge in [-0.05, 0) is 53.1 Å². The van der Waals surface area contributed by atoms with Crippen LogP contribution in [0.3, 0.4) is 0 Å². The minimum absolute atomic E-state index is 0.174. The molecule has 0 spiro atoms. The predicted octanol–water partition coefficient (Wildman–Crippen LogP) is 4.98. The van der Waals surface area contributed by atoms with Crippen molar-refractivity contribution >= 4 is 24.1 Å². The zero-order valence-electron chi connectivity index (χ0n) is 20.6. The van der Waals surface area contributed by atoms with Gasteiger partial charge in [0.15, 0.2) is 23.0 Å². The van der Waals surface area contributed by atoms with E-state index in [9.17, 15) is 9.59 Å². The van der Waals surface area contributed by atoms with Crippen LogP contribution < -0.4 is 18.9 Å². The molecule has 3 aromatic carbocycles. The van der Waals surface area contributed by atoms with Gasteiger partial charge < -0.3 is 23.7 Å². The van der Waals surface area contributed by atoms with Crippen molar-refractivity contribution < 1.29 is 33.3 Å². The number of nitriles is 1. The third-order valence-electron chi connectivity index (χ3n) is 5.07. The van der Waals surface area contributed by atoms with E-state index in [-0.39, 0.29) is 17.1 Å². The highest BCUT2D eigenvalue weighted by atomic mass is 16.6. The summed E-state index contributed by atoms with van der Waals surface area (Å²) in [6, 6.07) is 21.5. The van der Waals surface area contributed by atoms with Crippen LogP contribution in [0.1, 0.15) is 16.7 Å². The smallest absolute Gasteiger partial charge is 0.348 e. The molecule has 0 amide bonds. The minimum Gasteiger partial charge on any atom is -0.493 e. The van der Waals surface area contributed by atoms with Crippen molar-refractivity contribution in [2.24, 2.45) is 0 Å². The zero-order valence-corrected chi connectivity index (χ0v) is 20.6. The lowest BCUT2D eigenvalue weighted by Gasteiger charge is -2.11. The van der Waals surface area contributed by atoms with Crippen LogP contribution in [-0.2, 0) is 20.9 Å². The number of hydrogen-bond donors (Lipinski definition) is 0. The van der Waals surface area contributed by atoms with Crippen LogP contribution in [-0.4, -0.2) is 33.3 Å². The topological polar surface area (TPSA) is 104 Å². The second-order valence-corrected chi connectivity index (χ2v) is 7.51. The van der Waals surface area contributed by atoms with Crippen molar-refractivity contribution in [2.45, 2.75) is 6.61 Å². The molecule has 8 nitrogen and oxygen atoms in total. The molecule has 0 saturated carbocycles. The quantitative estimate of drug-likeness (QED) is 0.166. The summed E-state index contributed by atoms with van der Waals surface area (Å²) < 4.78 is 26.5. The van der Waals surface area contributed by atoms with Gasteiger partial charge in [-0.2, -0.15) is 5.26 Å². The number of hydrogen-bond acceptors (Lipinski definition) is 8. The Morgan fingerprint density at radius 3 is 2.16 bits per heavy atom. The maximum absolute atomic E-state index is 12.4. The number of carbonyl (C=O) groups is 2. The van der Waals surface area contributed by atoms with Crippen LogP contribution in [0.15, 0.2) is 78.4 Å². The molecular formula is C29H25NO7. The van der Waals surface area contributed by atoms with Gasteiger partial charge in [-0.15, -0.1) is 0 Å². The van der Waals surface area contributed by atoms with Gasteiger partial charge in [0.2, 0.25) is 0 Å². The number of methoxy groups -OCH3 is 3. The molecule has 0 fully saturated rings. The molecule has 188 valence electrons. The normalized spacial score (nSPS) is 10.9. The van der Waals surface area contributed by atoms with E-state index >= 15 is 0 Å². The maximum atomic E-state index is 12.4. The van der Waals surface area contributed by atoms with E-state index in [0.29, 0.717) is 29.2 Å². The average molecular weight is 500 g/mol. The lowest BCUT2D eigenvalue weighted by molar-refractivity contribution is -0.135. The molecule has 0 N–H and O–H groups in total. The lowest BCUT2D eigenvalue weighted by atomic mass is 10.1. The maximum Gasteiger partial charge on any atom is 0.348 e. The van der Waals surface area contributed by atoms with Crippen LogP contribution in [0.5, 0.6) is 23.0 Å². The van der Waals surface area contributed by atoms with Gasteiger partial charge in [0.05, 0.1) is 21.3 Å². The molecule has 8 heteroatoms. The Hall–Kier alpha value is -5.03. The van der Waals surface area contributed by atoms with E-state index < -0.39 is 11.9 Å². The first kappa shape index (κ1) is 26.6. The van der Waals surface area contributed by atoms with Gasteiger partial charge in [0, 0.05) is 6.08 Å². The molecule has 0 aliphatic heterocycles. The molecular weight excluding hydrogens is 474 g/mol. The van der Waals surface area contributed by atoms with E-state index in [4.69, 9.17) is 24.2 Å². The van der Waals surface area contributed by atoms with E-state index in [2.05, 4.69) is 4.74 Å². The molecule has 0 unspecified atom stereocenters. The highest BCUT2D eigenvalue weighted by Crippen LogP contribution is 2.31. The molecule has 37 heavy (non-hydrogen) atoms. The predicted molar refractivity (Wildman–Crippen MR) is 137 cm³/mol. The first-order valence-corrected chi connectivity index (χ1v) is 11.1. The standard InChI is InChI=1S/C29H25NO7/c1-33-26-16-20(9-12-24(26)36-19-21-7-5-4-6-8-21)11-14-28(31)37-25-13-10-22(17-27(25)34-2)15-23(18-30)29(32)35-3/h4-17H,19H2,1-3H3. The molecule has 0 heterocycles. The molecule has 0 bridgehead atoms. The summed E-state index contributed by atoms with van der Waals surface area (Å²) in [6.07, 6.45) is 4.21. The van der Waals surface area contributed by atoms with Gasteiger partial charge >= 0.3 is 11.9 Å². The second-order valence-electron chi connectivity index (χ2n) is 7.51. The molecule has 3 aromatic rings. The fourth-order valence-corrected chi connectivity index (χ4v) is 3.22. The molecule has 0 atom stereocenters. The number of rotatable bonds is 10. The Bertz CT molecular complexity index is 1350. The van der Waals surface area contributed by atoms with Crippen molar-refractivity contribution in [1.29, 1.82) is 5.26 Å². The summed E-state index contributed by atoms with van der Waals surface area (Å²) in [5.74, 6) is 0.149. The Morgan fingerprint density at radius 1 is 0.838 bits per heavy atom. The Balaban J connectivity index is 1.68. The minimum atomic E-state index is -0.755. The fourth-order valence-electron chi connectivity index (χ4n) is 3.22. The van der Waals surface area contributed by atoms with Crippen molar-refractivity contribution in [3.05, 3.63) is 95.1 Å². The molecule has 3 rings (SSSR count). The third kappa shape index (κ3) is 7.47. The fraction of sp³-hybridized carbons (Fsp3) is 0.138. The van der Waals surface area contributed by atoms with Crippen LogP contribution >= 0.6 is 0 Å². The molecule has 0 aromatic heterocycles. The van der Waals surface area contributed by atoms with Gasteiger partial charge in [0.25, 0.3) is 0 Å². The number of nitrogens with zero attached hydrogens (tertiary/aromatic N) is 1. The van der Waals surface area contributed by atoms with Crippen molar-refractivity contribution in [2.75, 3.05) is 21.3 Å². The second kappa shape index (κ2) is 13.2. The third-order valence-corrected chi connectivity index (χ3v) is 5.07. The highest BCUT2D eigenvalue weighted by Gasteiger charge is 2.12. The van der Waals surface area contributed by atoms with Crippen LogP contribution in [0.4, 0.5) is 0 Å². The lowest BCUT2D eigenvalue weighted by Crippen LogP contribution is -2.05. The molecule has 0 aliphatic carbocycles. The Morgan fingerprint density at radius 2 is 1.49 bits per heavy atom. The first-order chi connectivity index (χ1) is 18.0. The number of benzene rings is 3. The molecule has 0 saturated heterocycles. The SMILES string of the molecule is COC(=O)C(C#N)=Cc1ccc(OC(=O)C=Cc2ccc(OCc3ccccc3)c(OC)c2)c(OC)c1. The van der Waals surface area contributed by atoms with Crippen LogP contribution in [0, 0.1) is 11.3 Å². The van der Waals surface area contributed by atoms with Crippen LogP contribution in [0.2, 0.25) is 0 Å². The summed E-state index contributed by atoms with van der Waals surface area (Å²) >= 11 is 0. The van der Waals surface area contributed by atoms with Gasteiger partial charge in [-0.25, -0.2) is 9.59 Å². The van der Waals surface area contributed by atoms with Crippen molar-refractivity contribution in [3.8, 4) is 29.1 Å². The van der Waals surface area contributed by atoms with Gasteiger partial charge in [0.1, 0.15) is 18.2 Å². The number of ether oxygens (including phenoxy) is 5. The molecule has 0 radical (unpaired) electrons. The summed E-state index contributed by atoms with van der Waals surface area (Å²) in [6.45, 7) is 0.398. The summed E-state index contributed by atoms with van der Waals surface area (Å²) in [5.41, 5.74) is 2.06. The number of carbonyl (C=O) groups excluding carboxylic acids is 2. The first-order valence-electron chi connectivity index (χ1n) is 11.1. The van der Waals surface area contributed by atoms with E-state index in [1.165, 1.54) is 38.5 Å². The Kier molecular flexibility index (Phi) is 9.45. The average Bonchev–Trinajstić information content (AvgIpc) is 2.94. The summed E-state index contributed by atoms with van der Waals surface area (Å²) in [5, 5.41) is 9.12. The van der Waals surface area contributed by atoms with Crippen molar-refractivity contribution in [3.63, 3.8) is 0 Å². The largest absolute Gasteiger partial charge is 0.493 e. The van der Waals surface area contributed by atoms with E-state index in [1.54, 1.807) is 43.5 Å². The monoisotopic (exact) mass is 499 g/mol. The zero-order chi connectivity index (χ0) is 26.6. The van der Waals surface area contributed by atoms with E-state index in [1.807, 2.05) is 30.3 Å². The van der Waals surface area contributed by atoms with Crippen molar-refractivity contribution in [1.82, 2.24) is 0 Å². The highest BCUT2D eigenvalue weighted by molar-refractivity contribution is 5.98. The van der Waals surface area contributed by atoms with Gasteiger partial charge in [-0.1, -0.05) is 42.5 Å². The van der Waals surface area contributed by atoms with Gasteiger partial charge in [-0.3, -0.25) is 0 Å². The number of esters is 2. The summed E-state index contributed by atoms with van der Waals surface area (Å²) in [7, 11) is 4.14. The molecule has 0 aliphatic rings. The Labute approximate surface area is 214 Å². The van der Waals surface area contributed by atoms with Crippen LogP contribution in [0.25, 0.3) is 12.2 Å². The van der Waals surface area contributed by atoms with E-state index in [0.717, 1.165) is 5.56 Å². The summed E-state index contributed by atoms with van der Waals surface area (Å²) in [4.78, 5) is 24.1.